The van der Waals surface area contributed by atoms with Gasteiger partial charge in [0.25, 0.3) is 0 Å². The van der Waals surface area contributed by atoms with E-state index in [-0.39, 0.29) is 6.10 Å². The standard InChI is InChI=1S/C20H28N2O2/c1-16(2)13-22(14-17-7-3-5-11-21-17)15-18-9-10-20(24-18)19-8-4-6-12-23-19/h3,5,7,9-11,16,19H,4,6,8,12-15H2,1-2H3/t19-/m1/s1. The second kappa shape index (κ2) is 8.45. The van der Waals surface area contributed by atoms with Crippen LogP contribution in [0.1, 0.15) is 56.4 Å². The highest BCUT2D eigenvalue weighted by atomic mass is 16.5. The van der Waals surface area contributed by atoms with Gasteiger partial charge in [0.1, 0.15) is 17.6 Å². The van der Waals surface area contributed by atoms with Crippen molar-refractivity contribution >= 4 is 0 Å². The van der Waals surface area contributed by atoms with Crippen molar-refractivity contribution in [2.45, 2.75) is 52.3 Å². The highest BCUT2D eigenvalue weighted by Gasteiger charge is 2.20. The number of nitrogens with zero attached hydrogens (tertiary/aromatic N) is 2. The van der Waals surface area contributed by atoms with E-state index in [2.05, 4.69) is 41.9 Å². The minimum absolute atomic E-state index is 0.141. The van der Waals surface area contributed by atoms with Gasteiger partial charge in [-0.1, -0.05) is 19.9 Å². The lowest BCUT2D eigenvalue weighted by molar-refractivity contribution is 0.000771. The SMILES string of the molecule is CC(C)CN(Cc1ccccn1)Cc1ccc([C@H]2CCCCO2)o1. The fourth-order valence-corrected chi connectivity index (χ4v) is 3.26. The molecule has 0 saturated carbocycles. The first-order chi connectivity index (χ1) is 11.7. The lowest BCUT2D eigenvalue weighted by Crippen LogP contribution is -2.27. The minimum Gasteiger partial charge on any atom is -0.462 e. The fourth-order valence-electron chi connectivity index (χ4n) is 3.26. The summed E-state index contributed by atoms with van der Waals surface area (Å²) in [5.74, 6) is 2.59. The molecule has 0 aliphatic carbocycles. The maximum atomic E-state index is 6.09. The maximum Gasteiger partial charge on any atom is 0.133 e. The fraction of sp³-hybridized carbons (Fsp3) is 0.550. The molecule has 130 valence electrons. The Balaban J connectivity index is 1.64. The van der Waals surface area contributed by atoms with Gasteiger partial charge in [0.2, 0.25) is 0 Å². The molecule has 0 radical (unpaired) electrons. The Hall–Kier alpha value is -1.65. The molecule has 1 aliphatic rings. The predicted octanol–water partition coefficient (Wildman–Crippen LogP) is 4.57. The number of hydrogen-bond donors (Lipinski definition) is 0. The van der Waals surface area contributed by atoms with Gasteiger partial charge in [0, 0.05) is 25.9 Å². The summed E-state index contributed by atoms with van der Waals surface area (Å²) in [5.41, 5.74) is 1.10. The van der Waals surface area contributed by atoms with Gasteiger partial charge in [0.15, 0.2) is 0 Å². The number of ether oxygens (including phenoxy) is 1. The van der Waals surface area contributed by atoms with Gasteiger partial charge < -0.3 is 9.15 Å². The maximum absolute atomic E-state index is 6.09. The molecule has 3 rings (SSSR count). The minimum atomic E-state index is 0.141. The monoisotopic (exact) mass is 328 g/mol. The molecular formula is C20H28N2O2. The average molecular weight is 328 g/mol. The Kier molecular flexibility index (Phi) is 6.05. The van der Waals surface area contributed by atoms with Crippen LogP contribution >= 0.6 is 0 Å². The molecule has 0 N–H and O–H groups in total. The average Bonchev–Trinajstić information content (AvgIpc) is 3.04. The predicted molar refractivity (Wildman–Crippen MR) is 94.4 cm³/mol. The molecule has 1 saturated heterocycles. The summed E-state index contributed by atoms with van der Waals surface area (Å²) in [6.45, 7) is 8.01. The van der Waals surface area contributed by atoms with Crippen LogP contribution in [0.3, 0.4) is 0 Å². The Bertz CT molecular complexity index is 603. The van der Waals surface area contributed by atoms with Gasteiger partial charge in [0.05, 0.1) is 12.2 Å². The summed E-state index contributed by atoms with van der Waals surface area (Å²) in [5, 5.41) is 0. The molecule has 4 nitrogen and oxygen atoms in total. The second-order valence-corrected chi connectivity index (χ2v) is 7.04. The van der Waals surface area contributed by atoms with Crippen LogP contribution in [0.5, 0.6) is 0 Å². The lowest BCUT2D eigenvalue weighted by Gasteiger charge is -2.23. The van der Waals surface area contributed by atoms with Crippen molar-refractivity contribution in [3.05, 3.63) is 53.7 Å². The quantitative estimate of drug-likeness (QED) is 0.746. The van der Waals surface area contributed by atoms with Crippen molar-refractivity contribution in [1.29, 1.82) is 0 Å². The zero-order valence-electron chi connectivity index (χ0n) is 14.8. The van der Waals surface area contributed by atoms with E-state index in [4.69, 9.17) is 9.15 Å². The van der Waals surface area contributed by atoms with E-state index in [1.165, 1.54) is 6.42 Å². The van der Waals surface area contributed by atoms with Crippen LogP contribution < -0.4 is 0 Å². The summed E-state index contributed by atoms with van der Waals surface area (Å²) in [4.78, 5) is 6.85. The number of hydrogen-bond acceptors (Lipinski definition) is 4. The third-order valence-electron chi connectivity index (χ3n) is 4.29. The molecule has 0 spiro atoms. The molecule has 0 bridgehead atoms. The zero-order chi connectivity index (χ0) is 16.8. The van der Waals surface area contributed by atoms with Gasteiger partial charge in [-0.15, -0.1) is 0 Å². The van der Waals surface area contributed by atoms with Crippen LogP contribution in [0.2, 0.25) is 0 Å². The number of pyridine rings is 1. The topological polar surface area (TPSA) is 38.5 Å². The van der Waals surface area contributed by atoms with Crippen molar-refractivity contribution in [2.24, 2.45) is 5.92 Å². The summed E-state index contributed by atoms with van der Waals surface area (Å²) in [7, 11) is 0. The lowest BCUT2D eigenvalue weighted by atomic mass is 10.1. The van der Waals surface area contributed by atoms with E-state index in [0.29, 0.717) is 5.92 Å². The number of furan rings is 1. The zero-order valence-corrected chi connectivity index (χ0v) is 14.8. The Morgan fingerprint density at radius 3 is 2.79 bits per heavy atom. The van der Waals surface area contributed by atoms with E-state index in [1.807, 2.05) is 18.3 Å². The van der Waals surface area contributed by atoms with E-state index < -0.39 is 0 Å². The van der Waals surface area contributed by atoms with Crippen LogP contribution in [0, 0.1) is 5.92 Å². The van der Waals surface area contributed by atoms with E-state index in [9.17, 15) is 0 Å². The third-order valence-corrected chi connectivity index (χ3v) is 4.29. The van der Waals surface area contributed by atoms with Crippen molar-refractivity contribution in [2.75, 3.05) is 13.2 Å². The van der Waals surface area contributed by atoms with Gasteiger partial charge in [-0.05, 0) is 49.4 Å². The van der Waals surface area contributed by atoms with Crippen molar-refractivity contribution in [3.8, 4) is 0 Å². The highest BCUT2D eigenvalue weighted by molar-refractivity contribution is 5.11. The van der Waals surface area contributed by atoms with Gasteiger partial charge >= 0.3 is 0 Å². The normalized spacial score (nSPS) is 18.4. The van der Waals surface area contributed by atoms with Crippen molar-refractivity contribution in [1.82, 2.24) is 9.88 Å². The molecule has 3 heterocycles. The summed E-state index contributed by atoms with van der Waals surface area (Å²) in [6.07, 6.45) is 5.45. The van der Waals surface area contributed by atoms with E-state index in [1.54, 1.807) is 0 Å². The molecule has 0 unspecified atom stereocenters. The molecule has 1 atom stereocenters. The largest absolute Gasteiger partial charge is 0.462 e. The van der Waals surface area contributed by atoms with Crippen LogP contribution in [-0.4, -0.2) is 23.0 Å². The van der Waals surface area contributed by atoms with Crippen LogP contribution in [0.25, 0.3) is 0 Å². The van der Waals surface area contributed by atoms with E-state index in [0.717, 1.165) is 56.3 Å². The molecule has 24 heavy (non-hydrogen) atoms. The molecule has 0 amide bonds. The first-order valence-corrected chi connectivity index (χ1v) is 9.03. The van der Waals surface area contributed by atoms with Gasteiger partial charge in [-0.3, -0.25) is 9.88 Å². The van der Waals surface area contributed by atoms with Crippen molar-refractivity contribution in [3.63, 3.8) is 0 Å². The summed E-state index contributed by atoms with van der Waals surface area (Å²) >= 11 is 0. The van der Waals surface area contributed by atoms with Gasteiger partial charge in [-0.25, -0.2) is 0 Å². The Morgan fingerprint density at radius 1 is 1.17 bits per heavy atom. The Morgan fingerprint density at radius 2 is 2.08 bits per heavy atom. The molecule has 2 aromatic rings. The highest BCUT2D eigenvalue weighted by Crippen LogP contribution is 2.29. The van der Waals surface area contributed by atoms with Crippen molar-refractivity contribution < 1.29 is 9.15 Å². The van der Waals surface area contributed by atoms with Crippen LogP contribution in [0.15, 0.2) is 40.9 Å². The third kappa shape index (κ3) is 4.92. The molecule has 0 aromatic carbocycles. The molecular weight excluding hydrogens is 300 g/mol. The first-order valence-electron chi connectivity index (χ1n) is 9.03. The molecule has 1 fully saturated rings. The van der Waals surface area contributed by atoms with E-state index >= 15 is 0 Å². The molecule has 4 heteroatoms. The second-order valence-electron chi connectivity index (χ2n) is 7.04. The molecule has 1 aliphatic heterocycles. The molecule has 2 aromatic heterocycles. The van der Waals surface area contributed by atoms with Crippen LogP contribution in [-0.2, 0) is 17.8 Å². The number of aromatic nitrogens is 1. The Labute approximate surface area is 144 Å². The van der Waals surface area contributed by atoms with Crippen LogP contribution in [0.4, 0.5) is 0 Å². The first kappa shape index (κ1) is 17.2. The smallest absolute Gasteiger partial charge is 0.133 e. The van der Waals surface area contributed by atoms with Gasteiger partial charge in [-0.2, -0.15) is 0 Å². The summed E-state index contributed by atoms with van der Waals surface area (Å²) in [6, 6.07) is 10.3. The number of rotatable bonds is 7. The summed E-state index contributed by atoms with van der Waals surface area (Å²) < 4.78 is 11.9.